The van der Waals surface area contributed by atoms with Gasteiger partial charge in [0.1, 0.15) is 18.2 Å². The molecule has 0 saturated carbocycles. The van der Waals surface area contributed by atoms with Gasteiger partial charge in [-0.2, -0.15) is 0 Å². The van der Waals surface area contributed by atoms with E-state index in [0.29, 0.717) is 17.9 Å². The number of halogens is 1. The van der Waals surface area contributed by atoms with E-state index in [4.69, 9.17) is 4.74 Å². The average molecular weight is 260 g/mol. The fraction of sp³-hybridized carbons (Fsp3) is 0.250. The maximum atomic E-state index is 13.2. The van der Waals surface area contributed by atoms with E-state index >= 15 is 0 Å². The molecule has 0 unspecified atom stereocenters. The first-order valence-electron chi connectivity index (χ1n) is 6.22. The smallest absolute Gasteiger partial charge is 0.128 e. The summed E-state index contributed by atoms with van der Waals surface area (Å²) in [5.74, 6) is 0.0140. The van der Waals surface area contributed by atoms with Gasteiger partial charge < -0.3 is 9.84 Å². The molecule has 2 nitrogen and oxygen atoms in total. The van der Waals surface area contributed by atoms with Crippen LogP contribution in [0.2, 0.25) is 0 Å². The second kappa shape index (κ2) is 5.85. The lowest BCUT2D eigenvalue weighted by Crippen LogP contribution is -2.01. The molecule has 19 heavy (non-hydrogen) atoms. The van der Waals surface area contributed by atoms with E-state index in [-0.39, 0.29) is 5.82 Å². The van der Waals surface area contributed by atoms with Crippen molar-refractivity contribution in [3.05, 3.63) is 65.0 Å². The molecule has 2 aromatic rings. The summed E-state index contributed by atoms with van der Waals surface area (Å²) in [6, 6.07) is 12.1. The first-order valence-corrected chi connectivity index (χ1v) is 6.22. The zero-order chi connectivity index (χ0) is 13.8. The lowest BCUT2D eigenvalue weighted by molar-refractivity contribution is 0.190. The lowest BCUT2D eigenvalue weighted by Gasteiger charge is -2.13. The summed E-state index contributed by atoms with van der Waals surface area (Å²) < 4.78 is 18.9. The highest BCUT2D eigenvalue weighted by molar-refractivity contribution is 5.36. The van der Waals surface area contributed by atoms with Crippen LogP contribution in [-0.2, 0) is 6.61 Å². The predicted molar refractivity (Wildman–Crippen MR) is 72.5 cm³/mol. The molecule has 0 radical (unpaired) electrons. The van der Waals surface area contributed by atoms with Gasteiger partial charge in [-0.15, -0.1) is 0 Å². The van der Waals surface area contributed by atoms with Crippen LogP contribution >= 0.6 is 0 Å². The number of aryl methyl sites for hydroxylation is 1. The fourth-order valence-corrected chi connectivity index (χ4v) is 1.94. The molecular weight excluding hydrogens is 243 g/mol. The molecule has 0 spiro atoms. The van der Waals surface area contributed by atoms with E-state index in [9.17, 15) is 9.50 Å². The maximum absolute atomic E-state index is 13.2. The third-order valence-electron chi connectivity index (χ3n) is 2.90. The maximum Gasteiger partial charge on any atom is 0.128 e. The Kier molecular flexibility index (Phi) is 4.17. The third-order valence-corrected chi connectivity index (χ3v) is 2.90. The summed E-state index contributed by atoms with van der Waals surface area (Å²) >= 11 is 0. The van der Waals surface area contributed by atoms with Crippen LogP contribution in [0.4, 0.5) is 4.39 Å². The number of aliphatic hydroxyl groups excluding tert-OH is 1. The standard InChI is InChI=1S/C16H17FO2/c1-11-4-3-5-13(8-11)10-19-16-9-14(17)6-7-15(16)12(2)18/h3-9,12,18H,10H2,1-2H3/t12-/m1/s1. The highest BCUT2D eigenvalue weighted by Crippen LogP contribution is 2.26. The minimum Gasteiger partial charge on any atom is -0.488 e. The van der Waals surface area contributed by atoms with Crippen molar-refractivity contribution in [2.24, 2.45) is 0 Å². The molecule has 0 bridgehead atoms. The molecule has 2 aromatic carbocycles. The minimum atomic E-state index is -0.687. The van der Waals surface area contributed by atoms with Gasteiger partial charge in [0.25, 0.3) is 0 Å². The topological polar surface area (TPSA) is 29.5 Å². The monoisotopic (exact) mass is 260 g/mol. The number of rotatable bonds is 4. The first-order chi connectivity index (χ1) is 9.06. The van der Waals surface area contributed by atoms with Crippen molar-refractivity contribution in [2.45, 2.75) is 26.6 Å². The number of hydrogen-bond donors (Lipinski definition) is 1. The third kappa shape index (κ3) is 3.55. The quantitative estimate of drug-likeness (QED) is 0.906. The Morgan fingerprint density at radius 2 is 2.00 bits per heavy atom. The van der Waals surface area contributed by atoms with Crippen molar-refractivity contribution < 1.29 is 14.2 Å². The van der Waals surface area contributed by atoms with Crippen LogP contribution in [0.5, 0.6) is 5.75 Å². The summed E-state index contributed by atoms with van der Waals surface area (Å²) in [5, 5.41) is 9.63. The number of hydrogen-bond acceptors (Lipinski definition) is 2. The highest BCUT2D eigenvalue weighted by atomic mass is 19.1. The largest absolute Gasteiger partial charge is 0.488 e. The van der Waals surface area contributed by atoms with E-state index in [1.165, 1.54) is 12.1 Å². The molecule has 0 saturated heterocycles. The summed E-state index contributed by atoms with van der Waals surface area (Å²) in [4.78, 5) is 0. The van der Waals surface area contributed by atoms with Gasteiger partial charge in [-0.25, -0.2) is 4.39 Å². The minimum absolute atomic E-state index is 0.352. The second-order valence-corrected chi connectivity index (χ2v) is 4.64. The van der Waals surface area contributed by atoms with E-state index in [0.717, 1.165) is 11.1 Å². The Morgan fingerprint density at radius 1 is 1.21 bits per heavy atom. The molecule has 0 aliphatic rings. The van der Waals surface area contributed by atoms with Crippen LogP contribution in [0, 0.1) is 12.7 Å². The SMILES string of the molecule is Cc1cccc(COc2cc(F)ccc2[C@@H](C)O)c1. The Labute approximate surface area is 112 Å². The fourth-order valence-electron chi connectivity index (χ4n) is 1.94. The van der Waals surface area contributed by atoms with Gasteiger partial charge in [-0.1, -0.05) is 29.8 Å². The Bertz CT molecular complexity index is 564. The van der Waals surface area contributed by atoms with Crippen molar-refractivity contribution in [3.63, 3.8) is 0 Å². The van der Waals surface area contributed by atoms with Gasteiger partial charge in [-0.3, -0.25) is 0 Å². The summed E-state index contributed by atoms with van der Waals surface area (Å²) in [7, 11) is 0. The van der Waals surface area contributed by atoms with Crippen molar-refractivity contribution in [3.8, 4) is 5.75 Å². The van der Waals surface area contributed by atoms with Crippen molar-refractivity contribution in [1.29, 1.82) is 0 Å². The number of aliphatic hydroxyl groups is 1. The summed E-state index contributed by atoms with van der Waals surface area (Å²) in [6.07, 6.45) is -0.687. The van der Waals surface area contributed by atoms with E-state index < -0.39 is 6.10 Å². The van der Waals surface area contributed by atoms with Crippen molar-refractivity contribution in [2.75, 3.05) is 0 Å². The van der Waals surface area contributed by atoms with Crippen LogP contribution in [0.25, 0.3) is 0 Å². The highest BCUT2D eigenvalue weighted by Gasteiger charge is 2.10. The summed E-state index contributed by atoms with van der Waals surface area (Å²) in [6.45, 7) is 3.99. The van der Waals surface area contributed by atoms with Gasteiger partial charge in [0, 0.05) is 11.6 Å². The lowest BCUT2D eigenvalue weighted by atomic mass is 10.1. The van der Waals surface area contributed by atoms with Crippen LogP contribution in [0.15, 0.2) is 42.5 Å². The zero-order valence-corrected chi connectivity index (χ0v) is 11.1. The molecule has 0 aromatic heterocycles. The number of benzene rings is 2. The molecule has 1 atom stereocenters. The number of ether oxygens (including phenoxy) is 1. The molecule has 100 valence electrons. The van der Waals surface area contributed by atoms with E-state index in [2.05, 4.69) is 0 Å². The van der Waals surface area contributed by atoms with E-state index in [1.54, 1.807) is 13.0 Å². The van der Waals surface area contributed by atoms with Crippen molar-refractivity contribution in [1.82, 2.24) is 0 Å². The average Bonchev–Trinajstić information content (AvgIpc) is 2.36. The molecule has 1 N–H and O–H groups in total. The van der Waals surface area contributed by atoms with Gasteiger partial charge >= 0.3 is 0 Å². The first kappa shape index (κ1) is 13.6. The van der Waals surface area contributed by atoms with Crippen LogP contribution < -0.4 is 4.74 Å². The Morgan fingerprint density at radius 3 is 2.68 bits per heavy atom. The second-order valence-electron chi connectivity index (χ2n) is 4.64. The zero-order valence-electron chi connectivity index (χ0n) is 11.1. The molecule has 0 aliphatic carbocycles. The molecule has 0 fully saturated rings. The van der Waals surface area contributed by atoms with Gasteiger partial charge in [0.2, 0.25) is 0 Å². The molecule has 3 heteroatoms. The normalized spacial score (nSPS) is 12.2. The molecule has 0 heterocycles. The van der Waals surface area contributed by atoms with Crippen LogP contribution in [0.1, 0.15) is 29.7 Å². The summed E-state index contributed by atoms with van der Waals surface area (Å²) in [5.41, 5.74) is 2.76. The molecule has 0 amide bonds. The van der Waals surface area contributed by atoms with E-state index in [1.807, 2.05) is 31.2 Å². The van der Waals surface area contributed by atoms with Crippen LogP contribution in [-0.4, -0.2) is 5.11 Å². The molecule has 2 rings (SSSR count). The van der Waals surface area contributed by atoms with Crippen LogP contribution in [0.3, 0.4) is 0 Å². The van der Waals surface area contributed by atoms with Crippen molar-refractivity contribution >= 4 is 0 Å². The van der Waals surface area contributed by atoms with Gasteiger partial charge in [-0.05, 0) is 31.5 Å². The predicted octanol–water partition coefficient (Wildman–Crippen LogP) is 3.77. The molecule has 0 aliphatic heterocycles. The molecular formula is C16H17FO2. The Balaban J connectivity index is 2.17. The van der Waals surface area contributed by atoms with Gasteiger partial charge in [0.15, 0.2) is 0 Å². The Hall–Kier alpha value is -1.87. The van der Waals surface area contributed by atoms with Gasteiger partial charge in [0.05, 0.1) is 6.10 Å².